The molecule has 0 aromatic rings. The molecule has 2 aliphatic rings. The number of ketones is 1. The highest BCUT2D eigenvalue weighted by atomic mass is 16.1. The summed E-state index contributed by atoms with van der Waals surface area (Å²) in [5, 5.41) is 0. The zero-order valence-corrected chi connectivity index (χ0v) is 9.03. The van der Waals surface area contributed by atoms with E-state index in [2.05, 4.69) is 15.0 Å². The second-order valence-corrected chi connectivity index (χ2v) is 4.54. The minimum atomic E-state index is -0.396. The van der Waals surface area contributed by atoms with Gasteiger partial charge >= 0.3 is 0 Å². The van der Waals surface area contributed by atoms with Crippen LogP contribution in [0.4, 0.5) is 0 Å². The number of hydrogen-bond acceptors (Lipinski definition) is 3. The standard InChI is InChI=1S/C11H13N3O/c1-11(2,3)9(15)7-6-14-10-8(7)12-4-5-13-10/h4-6,12H,1-3H3. The van der Waals surface area contributed by atoms with E-state index < -0.39 is 5.41 Å². The second kappa shape index (κ2) is 3.15. The lowest BCUT2D eigenvalue weighted by Crippen LogP contribution is -2.20. The van der Waals surface area contributed by atoms with Gasteiger partial charge in [0.15, 0.2) is 11.6 Å². The van der Waals surface area contributed by atoms with Crippen LogP contribution in [0.2, 0.25) is 0 Å². The highest BCUT2D eigenvalue weighted by Crippen LogP contribution is 2.27. The second-order valence-electron chi connectivity index (χ2n) is 4.54. The van der Waals surface area contributed by atoms with Crippen molar-refractivity contribution < 1.29 is 4.79 Å². The first kappa shape index (κ1) is 9.83. The van der Waals surface area contributed by atoms with Crippen molar-refractivity contribution in [2.75, 3.05) is 0 Å². The quantitative estimate of drug-likeness (QED) is 0.722. The SMILES string of the molecule is CC(C)(C)C(=O)c1cnc2ncc[nH]c1-2. The Morgan fingerprint density at radius 2 is 2.07 bits per heavy atom. The Bertz CT molecular complexity index is 467. The summed E-state index contributed by atoms with van der Waals surface area (Å²) < 4.78 is 0. The van der Waals surface area contributed by atoms with E-state index in [1.54, 1.807) is 18.6 Å². The third kappa shape index (κ3) is 1.63. The molecule has 2 heterocycles. The Balaban J connectivity index is 2.51. The molecule has 0 aromatic carbocycles. The fourth-order valence-corrected chi connectivity index (χ4v) is 1.42. The molecule has 78 valence electrons. The van der Waals surface area contributed by atoms with Crippen LogP contribution in [0.15, 0.2) is 18.6 Å². The fraction of sp³-hybridized carbons (Fsp3) is 0.364. The third-order valence-corrected chi connectivity index (χ3v) is 2.23. The summed E-state index contributed by atoms with van der Waals surface area (Å²) in [4.78, 5) is 23.2. The number of H-pyrrole nitrogens is 1. The summed E-state index contributed by atoms with van der Waals surface area (Å²) in [5.41, 5.74) is 0.940. The van der Waals surface area contributed by atoms with E-state index in [9.17, 15) is 4.79 Å². The van der Waals surface area contributed by atoms with Gasteiger partial charge in [0.05, 0.1) is 11.3 Å². The Labute approximate surface area is 88.1 Å². The number of rotatable bonds is 1. The van der Waals surface area contributed by atoms with Crippen molar-refractivity contribution in [3.05, 3.63) is 24.2 Å². The Hall–Kier alpha value is -1.71. The molecule has 4 nitrogen and oxygen atoms in total. The molecule has 0 amide bonds. The van der Waals surface area contributed by atoms with Crippen molar-refractivity contribution in [3.63, 3.8) is 0 Å². The van der Waals surface area contributed by atoms with Gasteiger partial charge in [0.2, 0.25) is 0 Å². The number of nitrogens with one attached hydrogen (secondary N) is 1. The summed E-state index contributed by atoms with van der Waals surface area (Å²) in [6.07, 6.45) is 4.91. The van der Waals surface area contributed by atoms with Crippen LogP contribution in [0.1, 0.15) is 31.1 Å². The van der Waals surface area contributed by atoms with Gasteiger partial charge in [-0.2, -0.15) is 0 Å². The topological polar surface area (TPSA) is 58.6 Å². The lowest BCUT2D eigenvalue weighted by atomic mass is 9.87. The lowest BCUT2D eigenvalue weighted by Gasteiger charge is -2.15. The molecule has 0 spiro atoms. The van der Waals surface area contributed by atoms with Crippen LogP contribution in [0, 0.1) is 5.41 Å². The first-order valence-electron chi connectivity index (χ1n) is 4.83. The number of carbonyl (C=O) groups excluding carboxylic acids is 1. The molecule has 0 atom stereocenters. The number of nitrogens with zero attached hydrogens (tertiary/aromatic N) is 2. The van der Waals surface area contributed by atoms with Crippen LogP contribution < -0.4 is 0 Å². The van der Waals surface area contributed by atoms with Crippen LogP contribution in [0.5, 0.6) is 0 Å². The van der Waals surface area contributed by atoms with Gasteiger partial charge in [-0.3, -0.25) is 4.79 Å². The van der Waals surface area contributed by atoms with Crippen LogP contribution in [-0.2, 0) is 0 Å². The lowest BCUT2D eigenvalue weighted by molar-refractivity contribution is 0.0859. The van der Waals surface area contributed by atoms with Crippen molar-refractivity contribution in [1.82, 2.24) is 15.0 Å². The van der Waals surface area contributed by atoms with Crippen molar-refractivity contribution in [1.29, 1.82) is 0 Å². The van der Waals surface area contributed by atoms with Gasteiger partial charge in [-0.15, -0.1) is 0 Å². The molecule has 0 fully saturated rings. The molecule has 0 saturated heterocycles. The van der Waals surface area contributed by atoms with E-state index in [0.717, 1.165) is 5.69 Å². The van der Waals surface area contributed by atoms with E-state index in [-0.39, 0.29) is 5.78 Å². The highest BCUT2D eigenvalue weighted by molar-refractivity contribution is 6.04. The first-order valence-corrected chi connectivity index (χ1v) is 4.83. The molecule has 0 bridgehead atoms. The van der Waals surface area contributed by atoms with Crippen molar-refractivity contribution >= 4 is 5.78 Å². The van der Waals surface area contributed by atoms with E-state index in [0.29, 0.717) is 11.4 Å². The Morgan fingerprint density at radius 1 is 1.33 bits per heavy atom. The van der Waals surface area contributed by atoms with Crippen molar-refractivity contribution in [3.8, 4) is 11.5 Å². The number of aromatic nitrogens is 3. The zero-order chi connectivity index (χ0) is 11.1. The van der Waals surface area contributed by atoms with E-state index in [4.69, 9.17) is 0 Å². The molecule has 4 heteroatoms. The molecular formula is C11H13N3O. The maximum atomic E-state index is 12.1. The van der Waals surface area contributed by atoms with Crippen LogP contribution in [0.25, 0.3) is 11.5 Å². The van der Waals surface area contributed by atoms with E-state index >= 15 is 0 Å². The molecule has 0 aliphatic carbocycles. The fourth-order valence-electron chi connectivity index (χ4n) is 1.42. The number of aromatic amines is 1. The molecular weight excluding hydrogens is 190 g/mol. The van der Waals surface area contributed by atoms with Gasteiger partial charge in [-0.1, -0.05) is 20.8 Å². The number of hydrogen-bond donors (Lipinski definition) is 1. The average Bonchev–Trinajstić information content (AvgIpc) is 2.58. The van der Waals surface area contributed by atoms with Crippen LogP contribution in [-0.4, -0.2) is 20.7 Å². The van der Waals surface area contributed by atoms with Crippen molar-refractivity contribution in [2.24, 2.45) is 5.41 Å². The number of Topliss-reactive ketones (excluding diaryl/α,β-unsaturated/α-hetero) is 1. The van der Waals surface area contributed by atoms with Gasteiger partial charge in [-0.25, -0.2) is 9.97 Å². The number of carbonyl (C=O) groups is 1. The zero-order valence-electron chi connectivity index (χ0n) is 9.03. The molecule has 1 N–H and O–H groups in total. The van der Waals surface area contributed by atoms with Crippen LogP contribution >= 0.6 is 0 Å². The minimum absolute atomic E-state index is 0.0780. The van der Waals surface area contributed by atoms with E-state index in [1.807, 2.05) is 20.8 Å². The summed E-state index contributed by atoms with van der Waals surface area (Å²) in [6, 6.07) is 0. The third-order valence-electron chi connectivity index (χ3n) is 2.23. The van der Waals surface area contributed by atoms with Gasteiger partial charge in [0.25, 0.3) is 0 Å². The monoisotopic (exact) mass is 203 g/mol. The summed E-state index contributed by atoms with van der Waals surface area (Å²) >= 11 is 0. The van der Waals surface area contributed by atoms with Gasteiger partial charge < -0.3 is 4.98 Å². The average molecular weight is 203 g/mol. The largest absolute Gasteiger partial charge is 0.357 e. The van der Waals surface area contributed by atoms with Gasteiger partial charge in [-0.05, 0) is 0 Å². The molecule has 2 rings (SSSR count). The summed E-state index contributed by atoms with van der Waals surface area (Å²) in [6.45, 7) is 5.68. The van der Waals surface area contributed by atoms with Crippen molar-refractivity contribution in [2.45, 2.75) is 20.8 Å². The predicted molar refractivity (Wildman–Crippen MR) is 56.8 cm³/mol. The summed E-state index contributed by atoms with van der Waals surface area (Å²) in [7, 11) is 0. The molecule has 0 unspecified atom stereocenters. The Kier molecular flexibility index (Phi) is 2.07. The summed E-state index contributed by atoms with van der Waals surface area (Å²) in [5.74, 6) is 0.666. The molecule has 0 aromatic heterocycles. The van der Waals surface area contributed by atoms with Gasteiger partial charge in [0.1, 0.15) is 0 Å². The van der Waals surface area contributed by atoms with E-state index in [1.165, 1.54) is 0 Å². The molecule has 0 radical (unpaired) electrons. The highest BCUT2D eigenvalue weighted by Gasteiger charge is 2.28. The minimum Gasteiger partial charge on any atom is -0.357 e. The maximum Gasteiger partial charge on any atom is 0.176 e. The molecule has 15 heavy (non-hydrogen) atoms. The normalized spacial score (nSPS) is 11.9. The molecule has 0 saturated carbocycles. The maximum absolute atomic E-state index is 12.1. The number of fused-ring (bicyclic) bond motifs is 1. The first-order chi connectivity index (χ1) is 7.00. The smallest absolute Gasteiger partial charge is 0.176 e. The molecule has 2 aliphatic heterocycles. The van der Waals surface area contributed by atoms with Gasteiger partial charge in [0, 0.05) is 24.0 Å². The van der Waals surface area contributed by atoms with Crippen LogP contribution in [0.3, 0.4) is 0 Å². The Morgan fingerprint density at radius 3 is 2.73 bits per heavy atom. The predicted octanol–water partition coefficient (Wildman–Crippen LogP) is 2.14.